The second kappa shape index (κ2) is 7.67. The largest absolute Gasteiger partial charge is 0.454 e. The summed E-state index contributed by atoms with van der Waals surface area (Å²) >= 11 is 7.89. The van der Waals surface area contributed by atoms with Gasteiger partial charge in [0, 0.05) is 22.1 Å². The zero-order valence-electron chi connectivity index (χ0n) is 13.2. The minimum absolute atomic E-state index is 0.101. The molecule has 2 aromatic carbocycles. The first-order valence-corrected chi connectivity index (χ1v) is 8.61. The lowest BCUT2D eigenvalue weighted by Crippen LogP contribution is -2.52. The van der Waals surface area contributed by atoms with Crippen molar-refractivity contribution >= 4 is 40.1 Å². The molecule has 0 aliphatic heterocycles. The van der Waals surface area contributed by atoms with Crippen LogP contribution in [0.15, 0.2) is 36.4 Å². The molecule has 24 heavy (non-hydrogen) atoms. The third kappa shape index (κ3) is 4.58. The number of carbonyl (C=O) groups is 1. The molecular formula is C17H17ClFIN2O2. The molecule has 2 rings (SSSR count). The first kappa shape index (κ1) is 19.0. The molecule has 0 fully saturated rings. The number of hydrogen-bond donors (Lipinski definition) is 2. The Morgan fingerprint density at radius 1 is 1.38 bits per heavy atom. The predicted octanol–water partition coefficient (Wildman–Crippen LogP) is 3.88. The Kier molecular flexibility index (Phi) is 6.06. The Labute approximate surface area is 158 Å². The van der Waals surface area contributed by atoms with Crippen LogP contribution in [0.3, 0.4) is 0 Å². The van der Waals surface area contributed by atoms with E-state index in [0.29, 0.717) is 16.3 Å². The normalized spacial score (nSPS) is 13.2. The van der Waals surface area contributed by atoms with Crippen molar-refractivity contribution in [3.8, 4) is 11.5 Å². The molecule has 0 aliphatic carbocycles. The summed E-state index contributed by atoms with van der Waals surface area (Å²) in [6.45, 7) is 1.61. The minimum Gasteiger partial charge on any atom is -0.454 e. The third-order valence-corrected chi connectivity index (χ3v) is 4.70. The third-order valence-electron chi connectivity index (χ3n) is 3.45. The molecule has 0 bridgehead atoms. The molecular weight excluding hydrogens is 446 g/mol. The number of halogens is 3. The highest BCUT2D eigenvalue weighted by atomic mass is 127. The average Bonchev–Trinajstić information content (AvgIpc) is 2.53. The average molecular weight is 463 g/mol. The summed E-state index contributed by atoms with van der Waals surface area (Å²) in [6, 6.07) is 9.58. The SMILES string of the molecule is CNC(=O)C(C)(N)Cc1cc(F)c(Oc2ccc(Cl)cc2)cc1I. The van der Waals surface area contributed by atoms with Crippen LogP contribution in [0.25, 0.3) is 0 Å². The van der Waals surface area contributed by atoms with Crippen LogP contribution in [0.4, 0.5) is 4.39 Å². The van der Waals surface area contributed by atoms with Gasteiger partial charge in [-0.25, -0.2) is 4.39 Å². The van der Waals surface area contributed by atoms with Gasteiger partial charge in [0.25, 0.3) is 0 Å². The topological polar surface area (TPSA) is 64.4 Å². The first-order valence-electron chi connectivity index (χ1n) is 7.15. The monoisotopic (exact) mass is 462 g/mol. The van der Waals surface area contributed by atoms with Crippen molar-refractivity contribution in [3.05, 3.63) is 56.4 Å². The molecule has 4 nitrogen and oxygen atoms in total. The Hall–Kier alpha value is -1.38. The number of hydrogen-bond acceptors (Lipinski definition) is 3. The van der Waals surface area contributed by atoms with Crippen molar-refractivity contribution in [1.82, 2.24) is 5.32 Å². The summed E-state index contributed by atoms with van der Waals surface area (Å²) in [7, 11) is 1.52. The van der Waals surface area contributed by atoms with Crippen LogP contribution >= 0.6 is 34.2 Å². The quantitative estimate of drug-likeness (QED) is 0.663. The van der Waals surface area contributed by atoms with E-state index in [1.165, 1.54) is 13.1 Å². The lowest BCUT2D eigenvalue weighted by Gasteiger charge is -2.23. The van der Waals surface area contributed by atoms with E-state index < -0.39 is 11.4 Å². The molecule has 0 saturated carbocycles. The van der Waals surface area contributed by atoms with E-state index in [9.17, 15) is 9.18 Å². The number of benzene rings is 2. The smallest absolute Gasteiger partial charge is 0.239 e. The number of ether oxygens (including phenoxy) is 1. The highest BCUT2D eigenvalue weighted by Gasteiger charge is 2.29. The number of nitrogens with one attached hydrogen (secondary N) is 1. The van der Waals surface area contributed by atoms with Crippen LogP contribution in [0.2, 0.25) is 5.02 Å². The molecule has 7 heteroatoms. The van der Waals surface area contributed by atoms with Gasteiger partial charge in [-0.2, -0.15) is 0 Å². The van der Waals surface area contributed by atoms with Crippen LogP contribution in [0.1, 0.15) is 12.5 Å². The van der Waals surface area contributed by atoms with E-state index in [4.69, 9.17) is 22.1 Å². The molecule has 0 heterocycles. The first-order chi connectivity index (χ1) is 11.2. The van der Waals surface area contributed by atoms with E-state index in [1.807, 2.05) is 0 Å². The van der Waals surface area contributed by atoms with Crippen LogP contribution in [0, 0.1) is 9.39 Å². The number of nitrogens with two attached hydrogens (primary N) is 1. The summed E-state index contributed by atoms with van der Waals surface area (Å²) < 4.78 is 20.7. The maximum absolute atomic E-state index is 14.4. The lowest BCUT2D eigenvalue weighted by atomic mass is 9.93. The van der Waals surface area contributed by atoms with Gasteiger partial charge in [-0.1, -0.05) is 11.6 Å². The van der Waals surface area contributed by atoms with E-state index in [-0.39, 0.29) is 18.1 Å². The number of likely N-dealkylation sites (N-methyl/N-ethyl adjacent to an activating group) is 1. The maximum Gasteiger partial charge on any atom is 0.239 e. The maximum atomic E-state index is 14.4. The molecule has 1 amide bonds. The van der Waals surface area contributed by atoms with Gasteiger partial charge < -0.3 is 15.8 Å². The number of carbonyl (C=O) groups excluding carboxylic acids is 1. The van der Waals surface area contributed by atoms with Crippen molar-refractivity contribution in [3.63, 3.8) is 0 Å². The van der Waals surface area contributed by atoms with Gasteiger partial charge in [0.1, 0.15) is 5.75 Å². The van der Waals surface area contributed by atoms with Crippen LogP contribution in [0.5, 0.6) is 11.5 Å². The molecule has 128 valence electrons. The highest BCUT2D eigenvalue weighted by Crippen LogP contribution is 2.30. The van der Waals surface area contributed by atoms with E-state index >= 15 is 0 Å². The second-order valence-corrected chi connectivity index (χ2v) is 7.20. The zero-order chi connectivity index (χ0) is 17.9. The van der Waals surface area contributed by atoms with Crippen molar-refractivity contribution in [2.45, 2.75) is 18.9 Å². The van der Waals surface area contributed by atoms with Gasteiger partial charge in [-0.05, 0) is 71.5 Å². The summed E-state index contributed by atoms with van der Waals surface area (Å²) in [5.41, 5.74) is 5.53. The van der Waals surface area contributed by atoms with Crippen molar-refractivity contribution in [1.29, 1.82) is 0 Å². The van der Waals surface area contributed by atoms with E-state index in [2.05, 4.69) is 27.9 Å². The Morgan fingerprint density at radius 3 is 2.58 bits per heavy atom. The number of rotatable bonds is 5. The van der Waals surface area contributed by atoms with Gasteiger partial charge in [0.05, 0.1) is 5.54 Å². The van der Waals surface area contributed by atoms with Gasteiger partial charge in [0.15, 0.2) is 11.6 Å². The molecule has 3 N–H and O–H groups in total. The van der Waals surface area contributed by atoms with Crippen LogP contribution in [-0.4, -0.2) is 18.5 Å². The molecule has 0 saturated heterocycles. The summed E-state index contributed by atoms with van der Waals surface area (Å²) in [5, 5.41) is 3.09. The zero-order valence-corrected chi connectivity index (χ0v) is 16.1. The molecule has 0 aromatic heterocycles. The Balaban J connectivity index is 2.25. The van der Waals surface area contributed by atoms with Crippen molar-refractivity contribution in [2.24, 2.45) is 5.73 Å². The fourth-order valence-corrected chi connectivity index (χ4v) is 2.93. The summed E-state index contributed by atoms with van der Waals surface area (Å²) in [5.74, 6) is -0.242. The molecule has 1 atom stereocenters. The predicted molar refractivity (Wildman–Crippen MR) is 101 cm³/mol. The van der Waals surface area contributed by atoms with Gasteiger partial charge in [-0.3, -0.25) is 4.79 Å². The fraction of sp³-hybridized carbons (Fsp3) is 0.235. The van der Waals surface area contributed by atoms with Gasteiger partial charge in [0.2, 0.25) is 5.91 Å². The standard InChI is InChI=1S/C17H17ClFIN2O2/c1-17(21,16(23)22-2)9-10-7-13(19)15(8-14(10)20)24-12-5-3-11(18)4-6-12/h3-8H,9,21H2,1-2H3,(H,22,23). The molecule has 0 spiro atoms. The van der Waals surface area contributed by atoms with Crippen LogP contribution in [-0.2, 0) is 11.2 Å². The molecule has 2 aromatic rings. The molecule has 0 aliphatic rings. The van der Waals surface area contributed by atoms with E-state index in [1.54, 1.807) is 37.3 Å². The summed E-state index contributed by atoms with van der Waals surface area (Å²) in [4.78, 5) is 11.8. The molecule has 0 radical (unpaired) electrons. The minimum atomic E-state index is -1.13. The van der Waals surface area contributed by atoms with Crippen molar-refractivity contribution in [2.75, 3.05) is 7.05 Å². The van der Waals surface area contributed by atoms with Gasteiger partial charge in [-0.15, -0.1) is 0 Å². The summed E-state index contributed by atoms with van der Waals surface area (Å²) in [6.07, 6.45) is 0.211. The lowest BCUT2D eigenvalue weighted by molar-refractivity contribution is -0.125. The molecule has 1 unspecified atom stereocenters. The Bertz CT molecular complexity index is 751. The highest BCUT2D eigenvalue weighted by molar-refractivity contribution is 14.1. The van der Waals surface area contributed by atoms with E-state index in [0.717, 1.165) is 3.57 Å². The second-order valence-electron chi connectivity index (χ2n) is 5.60. The number of amides is 1. The Morgan fingerprint density at radius 2 is 2.00 bits per heavy atom. The van der Waals surface area contributed by atoms with Gasteiger partial charge >= 0.3 is 0 Å². The van der Waals surface area contributed by atoms with Crippen molar-refractivity contribution < 1.29 is 13.9 Å². The van der Waals surface area contributed by atoms with Crippen LogP contribution < -0.4 is 15.8 Å². The fourth-order valence-electron chi connectivity index (χ4n) is 2.17.